The summed E-state index contributed by atoms with van der Waals surface area (Å²) in [6.07, 6.45) is 11.4. The standard InChI is InChI=1S/C23H31NO5/c1-21-7-5-18-19(3-2-15-11-16(25)4-8-22(15,18)13-24-28)23(21,27)9-6-17(21)14-10-20(26)29-12-14/h10-11,13,16-19,25,27-28H,2-9,12H2,1H3/b24-13-/t16-,17-,18+,19+,21-,22-,23-/m1/s1. The highest BCUT2D eigenvalue weighted by molar-refractivity contribution is 5.85. The van der Waals surface area contributed by atoms with Crippen LogP contribution in [0.15, 0.2) is 28.5 Å². The highest BCUT2D eigenvalue weighted by atomic mass is 16.5. The number of rotatable bonds is 2. The van der Waals surface area contributed by atoms with E-state index in [1.54, 1.807) is 12.3 Å². The Morgan fingerprint density at radius 2 is 2.00 bits per heavy atom. The number of ether oxygens (including phenoxy) is 1. The second-order valence-corrected chi connectivity index (χ2v) is 10.1. The van der Waals surface area contributed by atoms with Crippen LogP contribution in [-0.4, -0.2) is 45.9 Å². The first-order valence-electron chi connectivity index (χ1n) is 11.0. The van der Waals surface area contributed by atoms with Gasteiger partial charge in [0.05, 0.1) is 17.9 Å². The van der Waals surface area contributed by atoms with Crippen molar-refractivity contribution < 1.29 is 25.0 Å². The number of carbonyl (C=O) groups is 1. The summed E-state index contributed by atoms with van der Waals surface area (Å²) in [7, 11) is 0. The quantitative estimate of drug-likeness (QED) is 0.217. The lowest BCUT2D eigenvalue weighted by Crippen LogP contribution is -2.61. The Balaban J connectivity index is 1.53. The summed E-state index contributed by atoms with van der Waals surface area (Å²) in [6, 6.07) is 0. The second kappa shape index (κ2) is 6.42. The summed E-state index contributed by atoms with van der Waals surface area (Å²) < 4.78 is 5.18. The molecule has 0 saturated heterocycles. The van der Waals surface area contributed by atoms with Gasteiger partial charge in [-0.2, -0.15) is 0 Å². The molecule has 0 amide bonds. The number of aliphatic hydroxyl groups excluding tert-OH is 1. The molecule has 6 nitrogen and oxygen atoms in total. The number of fused-ring (bicyclic) bond motifs is 5. The van der Waals surface area contributed by atoms with Crippen molar-refractivity contribution in [3.8, 4) is 0 Å². The zero-order valence-corrected chi connectivity index (χ0v) is 17.0. The van der Waals surface area contributed by atoms with E-state index in [4.69, 9.17) is 4.74 Å². The van der Waals surface area contributed by atoms with Crippen LogP contribution in [0.5, 0.6) is 0 Å². The van der Waals surface area contributed by atoms with Gasteiger partial charge < -0.3 is 20.2 Å². The zero-order valence-electron chi connectivity index (χ0n) is 17.0. The Morgan fingerprint density at radius 3 is 2.72 bits per heavy atom. The van der Waals surface area contributed by atoms with Crippen molar-refractivity contribution in [3.05, 3.63) is 23.3 Å². The van der Waals surface area contributed by atoms with Crippen LogP contribution in [0.25, 0.3) is 0 Å². The molecule has 158 valence electrons. The molecule has 5 aliphatic rings. The van der Waals surface area contributed by atoms with Gasteiger partial charge in [-0.3, -0.25) is 0 Å². The third kappa shape index (κ3) is 2.48. The first-order valence-corrected chi connectivity index (χ1v) is 11.0. The Labute approximate surface area is 171 Å². The molecule has 0 aromatic carbocycles. The van der Waals surface area contributed by atoms with Crippen molar-refractivity contribution in [1.82, 2.24) is 0 Å². The number of carbonyl (C=O) groups excluding carboxylic acids is 1. The number of cyclic esters (lactones) is 1. The summed E-state index contributed by atoms with van der Waals surface area (Å²) in [6.45, 7) is 2.56. The lowest BCUT2D eigenvalue weighted by molar-refractivity contribution is -0.175. The molecule has 7 atom stereocenters. The molecule has 0 aromatic rings. The fourth-order valence-electron chi connectivity index (χ4n) is 7.92. The zero-order chi connectivity index (χ0) is 20.4. The van der Waals surface area contributed by atoms with Crippen molar-refractivity contribution in [1.29, 1.82) is 0 Å². The van der Waals surface area contributed by atoms with Gasteiger partial charge in [-0.25, -0.2) is 4.79 Å². The molecule has 0 aromatic heterocycles. The lowest BCUT2D eigenvalue weighted by Gasteiger charge is -2.61. The number of allylic oxidation sites excluding steroid dienone is 1. The van der Waals surface area contributed by atoms with Gasteiger partial charge in [-0.1, -0.05) is 18.6 Å². The Hall–Kier alpha value is -1.66. The van der Waals surface area contributed by atoms with Crippen LogP contribution in [0.3, 0.4) is 0 Å². The van der Waals surface area contributed by atoms with E-state index in [2.05, 4.69) is 12.1 Å². The molecule has 5 rings (SSSR count). The molecule has 3 fully saturated rings. The minimum absolute atomic E-state index is 0.121. The number of oxime groups is 1. The normalized spacial score (nSPS) is 49.1. The van der Waals surface area contributed by atoms with Crippen LogP contribution < -0.4 is 0 Å². The van der Waals surface area contributed by atoms with E-state index in [0.717, 1.165) is 50.5 Å². The van der Waals surface area contributed by atoms with Crippen LogP contribution in [0.1, 0.15) is 58.3 Å². The first-order chi connectivity index (χ1) is 13.8. The van der Waals surface area contributed by atoms with Gasteiger partial charge in [0.25, 0.3) is 0 Å². The molecular formula is C23H31NO5. The maximum atomic E-state index is 12.2. The molecule has 0 unspecified atom stereocenters. The molecule has 4 aliphatic carbocycles. The van der Waals surface area contributed by atoms with Crippen LogP contribution in [0, 0.1) is 28.6 Å². The summed E-state index contributed by atoms with van der Waals surface area (Å²) in [5.74, 6) is 0.236. The highest BCUT2D eigenvalue weighted by Gasteiger charge is 2.67. The fourth-order valence-corrected chi connectivity index (χ4v) is 7.92. The maximum absolute atomic E-state index is 12.2. The van der Waals surface area contributed by atoms with Gasteiger partial charge in [-0.15, -0.1) is 5.16 Å². The van der Waals surface area contributed by atoms with E-state index in [0.29, 0.717) is 13.0 Å². The molecule has 1 aliphatic heterocycles. The molecule has 29 heavy (non-hydrogen) atoms. The Kier molecular flexibility index (Phi) is 4.27. The van der Waals surface area contributed by atoms with E-state index in [1.165, 1.54) is 5.57 Å². The predicted octanol–water partition coefficient (Wildman–Crippen LogP) is 2.96. The van der Waals surface area contributed by atoms with Crippen LogP contribution in [0.2, 0.25) is 0 Å². The molecule has 0 radical (unpaired) electrons. The minimum Gasteiger partial charge on any atom is -0.458 e. The third-order valence-corrected chi connectivity index (χ3v) is 9.30. The summed E-state index contributed by atoms with van der Waals surface area (Å²) in [4.78, 5) is 11.7. The first kappa shape index (κ1) is 19.3. The van der Waals surface area contributed by atoms with Crippen LogP contribution in [0.4, 0.5) is 0 Å². The van der Waals surface area contributed by atoms with Crippen molar-refractivity contribution in [3.63, 3.8) is 0 Å². The van der Waals surface area contributed by atoms with Gasteiger partial charge >= 0.3 is 5.97 Å². The lowest BCUT2D eigenvalue weighted by atomic mass is 9.44. The number of nitrogens with zero attached hydrogens (tertiary/aromatic N) is 1. The van der Waals surface area contributed by atoms with Crippen molar-refractivity contribution in [2.24, 2.45) is 33.7 Å². The molecule has 0 spiro atoms. The number of aliphatic hydroxyl groups is 2. The summed E-state index contributed by atoms with van der Waals surface area (Å²) >= 11 is 0. The smallest absolute Gasteiger partial charge is 0.331 e. The van der Waals surface area contributed by atoms with Gasteiger partial charge in [0.15, 0.2) is 0 Å². The largest absolute Gasteiger partial charge is 0.458 e. The molecular weight excluding hydrogens is 370 g/mol. The van der Waals surface area contributed by atoms with Crippen molar-refractivity contribution >= 4 is 12.2 Å². The number of hydrogen-bond acceptors (Lipinski definition) is 6. The highest BCUT2D eigenvalue weighted by Crippen LogP contribution is 2.69. The van der Waals surface area contributed by atoms with Gasteiger partial charge in [-0.05, 0) is 74.7 Å². The van der Waals surface area contributed by atoms with E-state index in [9.17, 15) is 20.2 Å². The number of hydrogen-bond donors (Lipinski definition) is 3. The Morgan fingerprint density at radius 1 is 1.17 bits per heavy atom. The molecule has 0 bridgehead atoms. The second-order valence-electron chi connectivity index (χ2n) is 10.1. The summed E-state index contributed by atoms with van der Waals surface area (Å²) in [5.41, 5.74) is 0.772. The monoisotopic (exact) mass is 401 g/mol. The van der Waals surface area contributed by atoms with E-state index >= 15 is 0 Å². The third-order valence-electron chi connectivity index (χ3n) is 9.30. The summed E-state index contributed by atoms with van der Waals surface area (Å²) in [5, 5.41) is 35.3. The minimum atomic E-state index is -0.801. The molecule has 3 saturated carbocycles. The van der Waals surface area contributed by atoms with E-state index in [1.807, 2.05) is 6.08 Å². The average Bonchev–Trinajstić information content (AvgIpc) is 3.23. The van der Waals surface area contributed by atoms with Gasteiger partial charge in [0.2, 0.25) is 0 Å². The topological polar surface area (TPSA) is 99.4 Å². The molecule has 1 heterocycles. The van der Waals surface area contributed by atoms with E-state index < -0.39 is 11.7 Å². The van der Waals surface area contributed by atoms with Gasteiger partial charge in [0.1, 0.15) is 6.61 Å². The SMILES string of the molecule is C[C@]12CC[C@H]3[C@H](CCC4=C[C@H](O)CC[C@@]43/C=N\O)[C@]1(O)CC[C@@H]2C1=CC(=O)OC1. The van der Waals surface area contributed by atoms with Crippen molar-refractivity contribution in [2.45, 2.75) is 70.0 Å². The molecule has 6 heteroatoms. The maximum Gasteiger partial charge on any atom is 0.331 e. The van der Waals surface area contributed by atoms with E-state index in [-0.39, 0.29) is 34.6 Å². The average molecular weight is 402 g/mol. The van der Waals surface area contributed by atoms with Gasteiger partial charge in [0, 0.05) is 16.9 Å². The predicted molar refractivity (Wildman–Crippen MR) is 106 cm³/mol. The Bertz CT molecular complexity index is 818. The van der Waals surface area contributed by atoms with Crippen molar-refractivity contribution in [2.75, 3.05) is 6.61 Å². The molecule has 3 N–H and O–H groups in total. The van der Waals surface area contributed by atoms with Crippen LogP contribution >= 0.6 is 0 Å². The van der Waals surface area contributed by atoms with Crippen LogP contribution in [-0.2, 0) is 9.53 Å². The number of esters is 1. The fraction of sp³-hybridized carbons (Fsp3) is 0.739.